The summed E-state index contributed by atoms with van der Waals surface area (Å²) in [4.78, 5) is 16.3. The molecule has 0 unspecified atom stereocenters. The zero-order valence-electron chi connectivity index (χ0n) is 15.2. The Morgan fingerprint density at radius 2 is 1.86 bits per heavy atom. The second kappa shape index (κ2) is 8.59. The maximum absolute atomic E-state index is 13.1. The van der Waals surface area contributed by atoms with E-state index in [4.69, 9.17) is 16.3 Å². The summed E-state index contributed by atoms with van der Waals surface area (Å²) in [5.74, 6) is -1.26. The lowest BCUT2D eigenvalue weighted by atomic mass is 10.2. The number of carbonyl (C=O) groups excluding carboxylic acids is 1. The normalized spacial score (nSPS) is 11.1. The molecule has 6 nitrogen and oxygen atoms in total. The molecule has 0 amide bonds. The molecule has 0 aliphatic rings. The number of nitrogens with zero attached hydrogens (tertiary/aromatic N) is 2. The summed E-state index contributed by atoms with van der Waals surface area (Å²) in [6, 6.07) is 13.9. The van der Waals surface area contributed by atoms with Crippen LogP contribution in [-0.4, -0.2) is 26.4 Å². The standard InChI is InChI=1S/C20H16ClFN2O4S/c1-24(16-7-5-14(22)6-8-16)29(26,27)17-9-10-19(21)18(12-17)20(25)28-13-15-4-2-3-11-23-15/h2-12H,13H2,1H3. The summed E-state index contributed by atoms with van der Waals surface area (Å²) in [6.07, 6.45) is 1.56. The molecule has 0 saturated carbocycles. The van der Waals surface area contributed by atoms with E-state index >= 15 is 0 Å². The number of hydrogen-bond acceptors (Lipinski definition) is 5. The maximum atomic E-state index is 13.1. The number of esters is 1. The van der Waals surface area contributed by atoms with Gasteiger partial charge in [0, 0.05) is 13.2 Å². The Kier molecular flexibility index (Phi) is 6.14. The van der Waals surface area contributed by atoms with Crippen molar-refractivity contribution in [2.45, 2.75) is 11.5 Å². The third-order valence-corrected chi connectivity index (χ3v) is 6.19. The predicted octanol–water partition coefficient (Wildman–Crippen LogP) is 4.06. The van der Waals surface area contributed by atoms with E-state index in [2.05, 4.69) is 4.98 Å². The van der Waals surface area contributed by atoms with Gasteiger partial charge in [0.2, 0.25) is 0 Å². The first-order valence-electron chi connectivity index (χ1n) is 8.40. The monoisotopic (exact) mass is 434 g/mol. The van der Waals surface area contributed by atoms with E-state index in [0.29, 0.717) is 5.69 Å². The first-order chi connectivity index (χ1) is 13.8. The minimum atomic E-state index is -4.01. The molecule has 29 heavy (non-hydrogen) atoms. The molecule has 150 valence electrons. The maximum Gasteiger partial charge on any atom is 0.340 e. The molecule has 3 rings (SSSR count). The summed E-state index contributed by atoms with van der Waals surface area (Å²) < 4.78 is 45.1. The molecule has 2 aromatic carbocycles. The highest BCUT2D eigenvalue weighted by Gasteiger charge is 2.24. The Balaban J connectivity index is 1.85. The molecule has 0 fully saturated rings. The van der Waals surface area contributed by atoms with Gasteiger partial charge in [-0.3, -0.25) is 9.29 Å². The zero-order chi connectivity index (χ0) is 21.0. The van der Waals surface area contributed by atoms with E-state index < -0.39 is 21.8 Å². The number of sulfonamides is 1. The first kappa shape index (κ1) is 20.8. The van der Waals surface area contributed by atoms with Gasteiger partial charge in [0.1, 0.15) is 12.4 Å². The van der Waals surface area contributed by atoms with Crippen LogP contribution in [0.2, 0.25) is 5.02 Å². The lowest BCUT2D eigenvalue weighted by Gasteiger charge is -2.20. The molecule has 0 N–H and O–H groups in total. The van der Waals surface area contributed by atoms with Gasteiger partial charge in [-0.15, -0.1) is 0 Å². The van der Waals surface area contributed by atoms with Crippen molar-refractivity contribution in [1.29, 1.82) is 0 Å². The van der Waals surface area contributed by atoms with Crippen molar-refractivity contribution < 1.29 is 22.3 Å². The third-order valence-electron chi connectivity index (χ3n) is 4.08. The fourth-order valence-corrected chi connectivity index (χ4v) is 3.89. The molecule has 0 bridgehead atoms. The zero-order valence-corrected chi connectivity index (χ0v) is 16.8. The van der Waals surface area contributed by atoms with Crippen LogP contribution >= 0.6 is 11.6 Å². The van der Waals surface area contributed by atoms with Crippen LogP contribution in [0.5, 0.6) is 0 Å². The first-order valence-corrected chi connectivity index (χ1v) is 10.2. The van der Waals surface area contributed by atoms with Crippen LogP contribution in [-0.2, 0) is 21.4 Å². The van der Waals surface area contributed by atoms with Crippen molar-refractivity contribution in [3.05, 3.63) is 89.0 Å². The molecule has 0 aliphatic carbocycles. The molecule has 0 atom stereocenters. The second-order valence-corrected chi connectivity index (χ2v) is 8.36. The van der Waals surface area contributed by atoms with Gasteiger partial charge in [-0.25, -0.2) is 17.6 Å². The van der Waals surface area contributed by atoms with Gasteiger partial charge >= 0.3 is 5.97 Å². The van der Waals surface area contributed by atoms with E-state index in [1.54, 1.807) is 24.4 Å². The number of hydrogen-bond donors (Lipinski definition) is 0. The topological polar surface area (TPSA) is 76.6 Å². The number of carbonyl (C=O) groups is 1. The molecule has 9 heteroatoms. The average molecular weight is 435 g/mol. The van der Waals surface area contributed by atoms with Crippen molar-refractivity contribution in [3.8, 4) is 0 Å². The average Bonchev–Trinajstić information content (AvgIpc) is 2.73. The Labute approximate surface area is 172 Å². The van der Waals surface area contributed by atoms with E-state index in [-0.39, 0.29) is 27.8 Å². The molecule has 0 radical (unpaired) electrons. The molecule has 0 spiro atoms. The van der Waals surface area contributed by atoms with Gasteiger partial charge in [0.05, 0.1) is 26.9 Å². The highest BCUT2D eigenvalue weighted by Crippen LogP contribution is 2.26. The Bertz CT molecular complexity index is 1120. The second-order valence-electron chi connectivity index (χ2n) is 5.99. The summed E-state index contributed by atoms with van der Waals surface area (Å²) in [7, 11) is -2.68. The summed E-state index contributed by atoms with van der Waals surface area (Å²) in [6.45, 7) is -0.0809. The van der Waals surface area contributed by atoms with E-state index in [0.717, 1.165) is 22.5 Å². The third kappa shape index (κ3) is 4.72. The van der Waals surface area contributed by atoms with Gasteiger partial charge in [-0.2, -0.15) is 0 Å². The lowest BCUT2D eigenvalue weighted by molar-refractivity contribution is 0.0467. The van der Waals surface area contributed by atoms with Crippen molar-refractivity contribution in [2.24, 2.45) is 0 Å². The summed E-state index contributed by atoms with van der Waals surface area (Å²) in [5, 5.41) is 0.0550. The Morgan fingerprint density at radius 3 is 2.52 bits per heavy atom. The van der Waals surface area contributed by atoms with Crippen LogP contribution < -0.4 is 4.31 Å². The Morgan fingerprint density at radius 1 is 1.14 bits per heavy atom. The van der Waals surface area contributed by atoms with Crippen molar-refractivity contribution in [2.75, 3.05) is 11.4 Å². The number of anilines is 1. The van der Waals surface area contributed by atoms with E-state index in [1.165, 1.54) is 31.3 Å². The van der Waals surface area contributed by atoms with Gasteiger partial charge in [0.15, 0.2) is 0 Å². The largest absolute Gasteiger partial charge is 0.456 e. The smallest absolute Gasteiger partial charge is 0.340 e. The van der Waals surface area contributed by atoms with Crippen LogP contribution in [0.25, 0.3) is 0 Å². The van der Waals surface area contributed by atoms with E-state index in [1.807, 2.05) is 0 Å². The van der Waals surface area contributed by atoms with Crippen LogP contribution in [0, 0.1) is 5.82 Å². The predicted molar refractivity (Wildman–Crippen MR) is 107 cm³/mol. The minimum Gasteiger partial charge on any atom is -0.456 e. The minimum absolute atomic E-state index is 0.0550. The number of benzene rings is 2. The highest BCUT2D eigenvalue weighted by molar-refractivity contribution is 7.92. The SMILES string of the molecule is CN(c1ccc(F)cc1)S(=O)(=O)c1ccc(Cl)c(C(=O)OCc2ccccn2)c1. The van der Waals surface area contributed by atoms with Gasteiger partial charge in [-0.05, 0) is 54.6 Å². The lowest BCUT2D eigenvalue weighted by Crippen LogP contribution is -2.26. The number of halogens is 2. The van der Waals surface area contributed by atoms with Crippen molar-refractivity contribution in [3.63, 3.8) is 0 Å². The van der Waals surface area contributed by atoms with Crippen molar-refractivity contribution in [1.82, 2.24) is 4.98 Å². The molecule has 0 saturated heterocycles. The number of pyridine rings is 1. The van der Waals surface area contributed by atoms with Crippen LogP contribution in [0.15, 0.2) is 71.8 Å². The molecule has 3 aromatic rings. The fraction of sp³-hybridized carbons (Fsp3) is 0.100. The molecule has 1 heterocycles. The molecule has 0 aliphatic heterocycles. The van der Waals surface area contributed by atoms with Gasteiger partial charge in [-0.1, -0.05) is 17.7 Å². The summed E-state index contributed by atoms with van der Waals surface area (Å²) >= 11 is 6.07. The van der Waals surface area contributed by atoms with Crippen LogP contribution in [0.4, 0.5) is 10.1 Å². The number of ether oxygens (including phenoxy) is 1. The van der Waals surface area contributed by atoms with Crippen molar-refractivity contribution >= 4 is 33.3 Å². The van der Waals surface area contributed by atoms with Gasteiger partial charge in [0.25, 0.3) is 10.0 Å². The van der Waals surface area contributed by atoms with Crippen LogP contribution in [0.1, 0.15) is 16.1 Å². The highest BCUT2D eigenvalue weighted by atomic mass is 35.5. The molecular weight excluding hydrogens is 419 g/mol. The van der Waals surface area contributed by atoms with Gasteiger partial charge < -0.3 is 4.74 Å². The van der Waals surface area contributed by atoms with Crippen LogP contribution in [0.3, 0.4) is 0 Å². The quantitative estimate of drug-likeness (QED) is 0.547. The molecular formula is C20H16ClFN2O4S. The van der Waals surface area contributed by atoms with E-state index in [9.17, 15) is 17.6 Å². The number of aromatic nitrogens is 1. The fourth-order valence-electron chi connectivity index (χ4n) is 2.47. The Hall–Kier alpha value is -2.97. The summed E-state index contributed by atoms with van der Waals surface area (Å²) in [5.41, 5.74) is 0.716. The number of rotatable bonds is 6. The molecule has 1 aromatic heterocycles.